The molecule has 0 spiro atoms. The van der Waals surface area contributed by atoms with Crippen molar-refractivity contribution in [1.29, 1.82) is 5.26 Å². The Morgan fingerprint density at radius 2 is 1.71 bits per heavy atom. The fraction of sp³-hybridized carbons (Fsp3) is 0.0870. The van der Waals surface area contributed by atoms with Crippen LogP contribution in [0.1, 0.15) is 28.4 Å². The highest BCUT2D eigenvalue weighted by atomic mass is 32.2. The Balaban J connectivity index is 1.83. The fourth-order valence-corrected chi connectivity index (χ4v) is 5.06. The number of carbonyl (C=O) groups excluding carboxylic acids is 2. The Hall–Kier alpha value is -3.96. The molecule has 1 aliphatic rings. The molecule has 4 rings (SSSR count). The van der Waals surface area contributed by atoms with Crippen molar-refractivity contribution in [3.05, 3.63) is 89.5 Å². The lowest BCUT2D eigenvalue weighted by molar-refractivity contribution is 0.101. The van der Waals surface area contributed by atoms with Gasteiger partial charge in [0.2, 0.25) is 0 Å². The topological polar surface area (TPSA) is 98.5 Å². The molecule has 3 aromatic carbocycles. The summed E-state index contributed by atoms with van der Waals surface area (Å²) in [5.41, 5.74) is 1.95. The lowest BCUT2D eigenvalue weighted by Crippen LogP contribution is -2.50. The molecule has 0 unspecified atom stereocenters. The van der Waals surface area contributed by atoms with Crippen LogP contribution in [0.3, 0.4) is 0 Å². The Morgan fingerprint density at radius 3 is 2.39 bits per heavy atom. The molecule has 0 atom stereocenters. The fourth-order valence-electron chi connectivity index (χ4n) is 3.47. The molecule has 0 saturated heterocycles. The number of rotatable bonds is 4. The van der Waals surface area contributed by atoms with E-state index >= 15 is 0 Å². The van der Waals surface area contributed by atoms with Gasteiger partial charge in [0.05, 0.1) is 29.6 Å². The number of anilines is 2. The first-order valence-corrected chi connectivity index (χ1v) is 10.8. The minimum absolute atomic E-state index is 0.00156. The van der Waals surface area contributed by atoms with Crippen molar-refractivity contribution in [2.24, 2.45) is 0 Å². The van der Waals surface area contributed by atoms with E-state index in [0.717, 1.165) is 4.31 Å². The highest BCUT2D eigenvalue weighted by molar-refractivity contribution is 7.94. The quantitative estimate of drug-likeness (QED) is 0.579. The van der Waals surface area contributed by atoms with Gasteiger partial charge in [0, 0.05) is 5.56 Å². The summed E-state index contributed by atoms with van der Waals surface area (Å²) in [5.74, 6) is -0.163. The number of benzene rings is 3. The van der Waals surface area contributed by atoms with Gasteiger partial charge in [0.1, 0.15) is 4.90 Å². The highest BCUT2D eigenvalue weighted by Crippen LogP contribution is 2.38. The predicted octanol–water partition coefficient (Wildman–Crippen LogP) is 4.10. The van der Waals surface area contributed by atoms with Gasteiger partial charge in [-0.3, -0.25) is 9.69 Å². The maximum atomic E-state index is 13.4. The molecule has 0 aliphatic carbocycles. The van der Waals surface area contributed by atoms with E-state index in [4.69, 9.17) is 5.26 Å². The van der Waals surface area contributed by atoms with E-state index in [0.29, 0.717) is 16.7 Å². The maximum absolute atomic E-state index is 13.4. The van der Waals surface area contributed by atoms with Crippen molar-refractivity contribution >= 4 is 33.2 Å². The molecule has 0 saturated carbocycles. The molecule has 3 aromatic rings. The third kappa shape index (κ3) is 3.56. The smallest absolute Gasteiger partial charge is 0.295 e. The van der Waals surface area contributed by atoms with Gasteiger partial charge in [-0.1, -0.05) is 24.3 Å². The molecule has 0 radical (unpaired) electrons. The molecule has 0 bridgehead atoms. The third-order valence-electron chi connectivity index (χ3n) is 4.98. The summed E-state index contributed by atoms with van der Waals surface area (Å²) in [7, 11) is -4.15. The van der Waals surface area contributed by atoms with Crippen molar-refractivity contribution in [2.75, 3.05) is 9.21 Å². The van der Waals surface area contributed by atoms with Gasteiger partial charge in [-0.05, 0) is 61.0 Å². The van der Waals surface area contributed by atoms with E-state index in [1.807, 2.05) is 0 Å². The number of fused-ring (bicyclic) bond motifs is 1. The number of hydrogen-bond acceptors (Lipinski definition) is 5. The summed E-state index contributed by atoms with van der Waals surface area (Å²) in [4.78, 5) is 26.4. The molecule has 8 heteroatoms. The zero-order valence-corrected chi connectivity index (χ0v) is 17.3. The van der Waals surface area contributed by atoms with Gasteiger partial charge in [0.15, 0.2) is 5.78 Å². The van der Waals surface area contributed by atoms with Crippen LogP contribution in [0, 0.1) is 11.3 Å². The molecule has 0 N–H and O–H groups in total. The van der Waals surface area contributed by atoms with Gasteiger partial charge in [-0.2, -0.15) is 9.57 Å². The number of ketones is 1. The van der Waals surface area contributed by atoms with Crippen LogP contribution in [0.15, 0.2) is 77.7 Å². The summed E-state index contributed by atoms with van der Waals surface area (Å²) >= 11 is 0. The van der Waals surface area contributed by atoms with Gasteiger partial charge >= 0.3 is 6.03 Å². The van der Waals surface area contributed by atoms with Gasteiger partial charge in [-0.25, -0.2) is 13.2 Å². The largest absolute Gasteiger partial charge is 0.343 e. The number of para-hydroxylation sites is 1. The molecule has 7 nitrogen and oxygen atoms in total. The Bertz CT molecular complexity index is 1340. The third-order valence-corrected chi connectivity index (χ3v) is 6.73. The van der Waals surface area contributed by atoms with Crippen LogP contribution in [0.4, 0.5) is 16.2 Å². The van der Waals surface area contributed by atoms with E-state index in [-0.39, 0.29) is 28.6 Å². The molecular formula is C23H17N3O4S. The van der Waals surface area contributed by atoms with Crippen molar-refractivity contribution in [1.82, 2.24) is 0 Å². The van der Waals surface area contributed by atoms with Crippen LogP contribution in [0.25, 0.3) is 0 Å². The summed E-state index contributed by atoms with van der Waals surface area (Å²) in [6.45, 7) is 1.49. The Labute approximate surface area is 179 Å². The minimum atomic E-state index is -4.15. The molecule has 0 fully saturated rings. The number of nitrogens with zero attached hydrogens (tertiary/aromatic N) is 3. The summed E-state index contributed by atoms with van der Waals surface area (Å²) in [6.07, 6.45) is 0. The van der Waals surface area contributed by atoms with Crippen LogP contribution in [0.2, 0.25) is 0 Å². The number of sulfonamides is 1. The van der Waals surface area contributed by atoms with E-state index in [2.05, 4.69) is 6.07 Å². The Kier molecular flexibility index (Phi) is 5.05. The number of amides is 2. The monoisotopic (exact) mass is 431 g/mol. The summed E-state index contributed by atoms with van der Waals surface area (Å²) in [5, 5.41) is 9.16. The second kappa shape index (κ2) is 7.70. The average Bonchev–Trinajstić information content (AvgIpc) is 2.77. The molecule has 2 amide bonds. The first-order chi connectivity index (χ1) is 14.8. The number of Topliss-reactive ketones (excluding diaryl/α,β-unsaturated/α-hetero) is 1. The van der Waals surface area contributed by atoms with Crippen molar-refractivity contribution < 1.29 is 18.0 Å². The van der Waals surface area contributed by atoms with Crippen molar-refractivity contribution in [2.45, 2.75) is 18.4 Å². The number of carbonyl (C=O) groups is 2. The first-order valence-electron chi connectivity index (χ1n) is 9.39. The van der Waals surface area contributed by atoms with E-state index < -0.39 is 16.1 Å². The zero-order chi connectivity index (χ0) is 22.2. The molecule has 154 valence electrons. The molecule has 1 heterocycles. The minimum Gasteiger partial charge on any atom is -0.295 e. The number of hydrogen-bond donors (Lipinski definition) is 0. The van der Waals surface area contributed by atoms with E-state index in [1.54, 1.807) is 42.5 Å². The predicted molar refractivity (Wildman–Crippen MR) is 115 cm³/mol. The van der Waals surface area contributed by atoms with Gasteiger partial charge in [-0.15, -0.1) is 0 Å². The highest BCUT2D eigenvalue weighted by Gasteiger charge is 2.42. The second-order valence-electron chi connectivity index (χ2n) is 7.02. The average molecular weight is 431 g/mol. The zero-order valence-electron chi connectivity index (χ0n) is 16.5. The molecule has 0 aromatic heterocycles. The Morgan fingerprint density at radius 1 is 1.00 bits per heavy atom. The standard InChI is InChI=1S/C23H17N3O4S/c1-16(27)19-9-11-20(12-10-19)26-23(28)25(15-18-6-4-5-17(13-18)14-24)21-7-2-3-8-22(21)31(26,29)30/h2-13H,15H2,1H3. The van der Waals surface area contributed by atoms with Crippen LogP contribution in [0.5, 0.6) is 0 Å². The van der Waals surface area contributed by atoms with Crippen LogP contribution in [-0.2, 0) is 16.6 Å². The lowest BCUT2D eigenvalue weighted by Gasteiger charge is -2.36. The normalized spacial score (nSPS) is 14.6. The van der Waals surface area contributed by atoms with Gasteiger partial charge < -0.3 is 0 Å². The molecule has 1 aliphatic heterocycles. The number of nitriles is 1. The summed E-state index contributed by atoms with van der Waals surface area (Å²) in [6, 6.07) is 20.3. The lowest BCUT2D eigenvalue weighted by atomic mass is 10.1. The second-order valence-corrected chi connectivity index (χ2v) is 8.78. The maximum Gasteiger partial charge on any atom is 0.343 e. The number of urea groups is 1. The van der Waals surface area contributed by atoms with Gasteiger partial charge in [0.25, 0.3) is 10.0 Å². The van der Waals surface area contributed by atoms with Crippen LogP contribution < -0.4 is 9.21 Å². The van der Waals surface area contributed by atoms with Crippen molar-refractivity contribution in [3.8, 4) is 6.07 Å². The van der Waals surface area contributed by atoms with E-state index in [9.17, 15) is 18.0 Å². The van der Waals surface area contributed by atoms with Crippen LogP contribution >= 0.6 is 0 Å². The van der Waals surface area contributed by atoms with E-state index in [1.165, 1.54) is 42.2 Å². The summed E-state index contributed by atoms with van der Waals surface area (Å²) < 4.78 is 27.3. The SMILES string of the molecule is CC(=O)c1ccc(N2C(=O)N(Cc3cccc(C#N)c3)c3ccccc3S2(=O)=O)cc1. The molecular weight excluding hydrogens is 414 g/mol. The molecule has 31 heavy (non-hydrogen) atoms. The van der Waals surface area contributed by atoms with Crippen LogP contribution in [-0.4, -0.2) is 20.2 Å². The van der Waals surface area contributed by atoms with Crippen molar-refractivity contribution in [3.63, 3.8) is 0 Å². The first kappa shape index (κ1) is 20.3.